The summed E-state index contributed by atoms with van der Waals surface area (Å²) >= 11 is 3.34. The molecule has 10 N–H and O–H groups in total. The van der Waals surface area contributed by atoms with Crippen molar-refractivity contribution in [3.8, 4) is 0 Å². The number of nitrogen functional groups attached to an aromatic ring is 1. The number of rotatable bonds is 9. The number of carbonyl (C=O) groups is 4. The second-order valence-corrected chi connectivity index (χ2v) is 12.3. The van der Waals surface area contributed by atoms with Crippen LogP contribution < -0.4 is 22.6 Å². The highest BCUT2D eigenvalue weighted by Crippen LogP contribution is 2.41. The third-order valence-electron chi connectivity index (χ3n) is 5.98. The number of β-lactam (4-membered cyclic amide) rings is 1. The lowest BCUT2D eigenvalue weighted by atomic mass is 10.0. The minimum atomic E-state index is -1.78. The van der Waals surface area contributed by atoms with E-state index in [0.717, 1.165) is 28.0 Å². The first-order valence-electron chi connectivity index (χ1n) is 11.7. The second-order valence-electron chi connectivity index (χ2n) is 9.34. The van der Waals surface area contributed by atoms with Crippen LogP contribution in [0, 0.1) is 5.41 Å². The van der Waals surface area contributed by atoms with Gasteiger partial charge in [0.2, 0.25) is 5.60 Å². The van der Waals surface area contributed by atoms with Gasteiger partial charge in [-0.1, -0.05) is 16.9 Å². The van der Waals surface area contributed by atoms with E-state index in [2.05, 4.69) is 20.4 Å². The van der Waals surface area contributed by atoms with Gasteiger partial charge in [-0.3, -0.25) is 24.9 Å². The molecule has 3 aliphatic heterocycles. The monoisotopic (exact) mass is 626 g/mol. The fourth-order valence-corrected chi connectivity index (χ4v) is 6.74. The van der Waals surface area contributed by atoms with Crippen molar-refractivity contribution in [1.29, 1.82) is 5.41 Å². The topological polar surface area (TPSA) is 276 Å². The SMILES string of the molecule is CC(C)(ON=C(C(=O)NC1C(=O)N2C(C(=O)O)=C(CSC3=NC(=N)CC(N)N3N)CS[C@@H]12)c1csc(N)n1)C(=O)O. The molecule has 4 heterocycles. The molecule has 0 saturated carbocycles. The summed E-state index contributed by atoms with van der Waals surface area (Å²) in [7, 11) is 0. The number of oxime groups is 1. The summed E-state index contributed by atoms with van der Waals surface area (Å²) in [4.78, 5) is 64.2. The molecule has 1 fully saturated rings. The minimum Gasteiger partial charge on any atom is -0.478 e. The van der Waals surface area contributed by atoms with Crippen LogP contribution in [0.2, 0.25) is 0 Å². The Hall–Kier alpha value is -3.72. The van der Waals surface area contributed by atoms with Crippen molar-refractivity contribution in [1.82, 2.24) is 20.2 Å². The number of amidine groups is 2. The molecule has 1 aromatic heterocycles. The van der Waals surface area contributed by atoms with E-state index in [1.54, 1.807) is 0 Å². The highest BCUT2D eigenvalue weighted by molar-refractivity contribution is 8.14. The Morgan fingerprint density at radius 1 is 1.37 bits per heavy atom. The average molecular weight is 627 g/mol. The van der Waals surface area contributed by atoms with Crippen LogP contribution >= 0.6 is 34.9 Å². The van der Waals surface area contributed by atoms with Gasteiger partial charge < -0.3 is 31.8 Å². The Kier molecular flexibility index (Phi) is 8.59. The van der Waals surface area contributed by atoms with E-state index in [1.807, 2.05) is 0 Å². The predicted octanol–water partition coefficient (Wildman–Crippen LogP) is -1.02. The summed E-state index contributed by atoms with van der Waals surface area (Å²) in [5, 5.41) is 35.5. The van der Waals surface area contributed by atoms with Crippen molar-refractivity contribution in [2.24, 2.45) is 21.7 Å². The summed E-state index contributed by atoms with van der Waals surface area (Å²) in [6, 6.07) is -1.11. The maximum atomic E-state index is 13.2. The van der Waals surface area contributed by atoms with Gasteiger partial charge in [-0.15, -0.1) is 23.1 Å². The number of amides is 2. The van der Waals surface area contributed by atoms with Crippen molar-refractivity contribution >= 4 is 80.5 Å². The number of aliphatic imine (C=N–C) groups is 1. The number of aromatic nitrogens is 1. The summed E-state index contributed by atoms with van der Waals surface area (Å²) in [5.74, 6) is 2.09. The summed E-state index contributed by atoms with van der Waals surface area (Å²) in [6.07, 6.45) is -0.473. The Balaban J connectivity index is 1.51. The van der Waals surface area contributed by atoms with Crippen molar-refractivity contribution in [3.63, 3.8) is 0 Å². The third-order valence-corrected chi connectivity index (χ3v) is 9.05. The number of thiazole rings is 1. The van der Waals surface area contributed by atoms with Crippen LogP contribution in [0.5, 0.6) is 0 Å². The lowest BCUT2D eigenvalue weighted by Gasteiger charge is -2.49. The number of fused-ring (bicyclic) bond motifs is 1. The summed E-state index contributed by atoms with van der Waals surface area (Å²) in [5.41, 5.74) is 9.59. The van der Waals surface area contributed by atoms with Gasteiger partial charge in [0.15, 0.2) is 16.0 Å². The molecule has 220 valence electrons. The third kappa shape index (κ3) is 6.15. The molecule has 20 heteroatoms. The van der Waals surface area contributed by atoms with E-state index >= 15 is 0 Å². The van der Waals surface area contributed by atoms with Crippen molar-refractivity contribution in [3.05, 3.63) is 22.3 Å². The molecule has 4 rings (SSSR count). The smallest absolute Gasteiger partial charge is 0.352 e. The molecule has 2 unspecified atom stereocenters. The van der Waals surface area contributed by atoms with Gasteiger partial charge in [-0.05, 0) is 19.4 Å². The molecule has 1 aromatic rings. The molecule has 2 amide bonds. The number of carboxylic acids is 2. The summed E-state index contributed by atoms with van der Waals surface area (Å²) < 4.78 is 0. The Morgan fingerprint density at radius 3 is 2.68 bits per heavy atom. The first kappa shape index (κ1) is 30.2. The number of nitrogens with zero attached hydrogens (tertiary/aromatic N) is 5. The van der Waals surface area contributed by atoms with Gasteiger partial charge in [0.05, 0.1) is 0 Å². The summed E-state index contributed by atoms with van der Waals surface area (Å²) in [6.45, 7) is 2.46. The zero-order valence-electron chi connectivity index (χ0n) is 21.6. The van der Waals surface area contributed by atoms with Crippen LogP contribution in [0.25, 0.3) is 0 Å². The molecule has 1 saturated heterocycles. The van der Waals surface area contributed by atoms with Crippen molar-refractivity contribution in [2.75, 3.05) is 17.2 Å². The fraction of sp³-hybridized carbons (Fsp3) is 0.429. The molecule has 41 heavy (non-hydrogen) atoms. The number of nitrogens with two attached hydrogens (primary N) is 3. The lowest BCUT2D eigenvalue weighted by molar-refractivity contribution is -0.161. The van der Waals surface area contributed by atoms with Crippen LogP contribution in [0.3, 0.4) is 0 Å². The van der Waals surface area contributed by atoms with Gasteiger partial charge in [0.25, 0.3) is 11.8 Å². The number of hydrazine groups is 1. The highest BCUT2D eigenvalue weighted by Gasteiger charge is 2.54. The zero-order chi connectivity index (χ0) is 30.2. The zero-order valence-corrected chi connectivity index (χ0v) is 24.0. The highest BCUT2D eigenvalue weighted by atomic mass is 32.2. The number of nitrogens with one attached hydrogen (secondary N) is 2. The van der Waals surface area contributed by atoms with Gasteiger partial charge in [-0.25, -0.2) is 25.4 Å². The predicted molar refractivity (Wildman–Crippen MR) is 152 cm³/mol. The van der Waals surface area contributed by atoms with Crippen molar-refractivity contribution in [2.45, 2.75) is 43.5 Å². The van der Waals surface area contributed by atoms with E-state index in [9.17, 15) is 29.4 Å². The normalized spacial score (nSPS) is 23.1. The van der Waals surface area contributed by atoms with E-state index in [4.69, 9.17) is 27.6 Å². The molecule has 0 spiro atoms. The molecule has 3 atom stereocenters. The van der Waals surface area contributed by atoms with Gasteiger partial charge >= 0.3 is 11.9 Å². The quantitative estimate of drug-likeness (QED) is 0.0748. The van der Waals surface area contributed by atoms with E-state index in [-0.39, 0.29) is 45.5 Å². The lowest BCUT2D eigenvalue weighted by Crippen LogP contribution is -2.71. The maximum Gasteiger partial charge on any atom is 0.352 e. The first-order valence-corrected chi connectivity index (χ1v) is 14.6. The second kappa shape index (κ2) is 11.6. The number of anilines is 1. The molecule has 0 aromatic carbocycles. The maximum absolute atomic E-state index is 13.2. The molecule has 0 bridgehead atoms. The number of aliphatic carboxylic acids is 2. The van der Waals surface area contributed by atoms with Crippen LogP contribution in [0.15, 0.2) is 26.8 Å². The number of hydrogen-bond acceptors (Lipinski definition) is 15. The molecule has 17 nitrogen and oxygen atoms in total. The minimum absolute atomic E-state index is 0.00363. The van der Waals surface area contributed by atoms with Crippen LogP contribution in [-0.4, -0.2) is 100 Å². The van der Waals surface area contributed by atoms with E-state index < -0.39 is 52.6 Å². The van der Waals surface area contributed by atoms with Gasteiger partial charge in [0, 0.05) is 23.3 Å². The Morgan fingerprint density at radius 2 is 2.07 bits per heavy atom. The molecule has 3 aliphatic rings. The van der Waals surface area contributed by atoms with Gasteiger partial charge in [-0.2, -0.15) is 0 Å². The first-order chi connectivity index (χ1) is 19.2. The Bertz CT molecular complexity index is 1410. The molecule has 0 aliphatic carbocycles. The van der Waals surface area contributed by atoms with Crippen LogP contribution in [0.1, 0.15) is 26.0 Å². The molecular weight excluding hydrogens is 600 g/mol. The number of carboxylic acid groups (broad SMARTS) is 2. The number of carbonyl (C=O) groups excluding carboxylic acids is 2. The average Bonchev–Trinajstić information content (AvgIpc) is 3.33. The van der Waals surface area contributed by atoms with Gasteiger partial charge in [0.1, 0.15) is 34.8 Å². The Labute approximate surface area is 244 Å². The van der Waals surface area contributed by atoms with Crippen LogP contribution in [0.4, 0.5) is 5.13 Å². The molecule has 0 radical (unpaired) electrons. The van der Waals surface area contributed by atoms with Crippen LogP contribution in [-0.2, 0) is 24.0 Å². The standard InChI is InChI=1S/C21H26N10O7S3/c1-21(2,18(36)37)38-29-11(8-6-40-19(24)26-8)14(32)28-12-15(33)30-13(17(34)35)7(4-39-16(12)30)5-41-20-27-9(22)3-10(23)31(20)25/h6,10,12,16,22H,3-5,23,25H2,1-2H3,(H2,24,26)(H,28,32)(H,34,35)(H,36,37)/t10?,12?,16-/m0/s1. The number of thioether (sulfide) groups is 2. The van der Waals surface area contributed by atoms with E-state index in [1.165, 1.54) is 36.0 Å². The number of hydrogen-bond donors (Lipinski definition) is 7. The molecular formula is C21H26N10O7S3. The fourth-order valence-electron chi connectivity index (χ4n) is 3.72. The van der Waals surface area contributed by atoms with Crippen molar-refractivity contribution < 1.29 is 34.2 Å². The largest absolute Gasteiger partial charge is 0.478 e. The van der Waals surface area contributed by atoms with E-state index in [0.29, 0.717) is 5.57 Å².